The van der Waals surface area contributed by atoms with Crippen LogP contribution in [0.2, 0.25) is 0 Å². The second kappa shape index (κ2) is 9.33. The molecule has 1 saturated carbocycles. The molecule has 36 heavy (non-hydrogen) atoms. The molecular formula is C25H37BF2N2O5S. The van der Waals surface area contributed by atoms with Gasteiger partial charge in [-0.05, 0) is 66.4 Å². The van der Waals surface area contributed by atoms with Gasteiger partial charge in [0, 0.05) is 37.9 Å². The molecule has 0 bridgehead atoms. The molecule has 3 aliphatic rings. The minimum Gasteiger partial charge on any atom is -0.399 e. The van der Waals surface area contributed by atoms with Crippen molar-refractivity contribution in [2.24, 2.45) is 0 Å². The smallest absolute Gasteiger partial charge is 0.399 e. The minimum absolute atomic E-state index is 0.0614. The van der Waals surface area contributed by atoms with Crippen LogP contribution < -0.4 is 5.46 Å². The number of benzene rings is 1. The highest BCUT2D eigenvalue weighted by Gasteiger charge is 2.53. The molecule has 2 saturated heterocycles. The summed E-state index contributed by atoms with van der Waals surface area (Å²) in [6, 6.07) is 3.86. The van der Waals surface area contributed by atoms with E-state index in [4.69, 9.17) is 9.31 Å². The lowest BCUT2D eigenvalue weighted by molar-refractivity contribution is -0.138. The summed E-state index contributed by atoms with van der Waals surface area (Å²) in [5.41, 5.74) is -0.0153. The summed E-state index contributed by atoms with van der Waals surface area (Å²) in [6.45, 7) is 9.71. The van der Waals surface area contributed by atoms with Crippen LogP contribution in [-0.2, 0) is 24.1 Å². The Hall–Kier alpha value is -1.56. The Kier molecular flexibility index (Phi) is 7.12. The lowest BCUT2D eigenvalue weighted by Crippen LogP contribution is -2.51. The van der Waals surface area contributed by atoms with Crippen molar-refractivity contribution < 1.29 is 31.3 Å². The number of rotatable bonds is 5. The Labute approximate surface area is 213 Å². The van der Waals surface area contributed by atoms with Crippen LogP contribution in [0.3, 0.4) is 0 Å². The van der Waals surface area contributed by atoms with Crippen molar-refractivity contribution in [3.05, 3.63) is 23.8 Å². The van der Waals surface area contributed by atoms with E-state index in [9.17, 15) is 22.0 Å². The molecule has 0 spiro atoms. The van der Waals surface area contributed by atoms with Crippen LogP contribution in [0.25, 0.3) is 0 Å². The number of sulfonamides is 1. The fraction of sp³-hybridized carbons (Fsp3) is 0.720. The molecule has 1 amide bonds. The summed E-state index contributed by atoms with van der Waals surface area (Å²) < 4.78 is 68.8. The van der Waals surface area contributed by atoms with Crippen LogP contribution in [0, 0.1) is 6.92 Å². The Balaban J connectivity index is 1.61. The molecule has 3 fully saturated rings. The molecule has 0 aromatic heterocycles. The van der Waals surface area contributed by atoms with Crippen molar-refractivity contribution in [3.8, 4) is 0 Å². The van der Waals surface area contributed by atoms with Crippen LogP contribution >= 0.6 is 0 Å². The summed E-state index contributed by atoms with van der Waals surface area (Å²) in [5.74, 6) is -3.03. The number of likely N-dealkylation sites (N-methyl/N-ethyl adjacent to an activating group) is 1. The molecule has 0 N–H and O–H groups in total. The summed E-state index contributed by atoms with van der Waals surface area (Å²) in [5, 5.41) is 0. The largest absolute Gasteiger partial charge is 0.496 e. The number of amides is 1. The van der Waals surface area contributed by atoms with Crippen LogP contribution in [-0.4, -0.2) is 73.4 Å². The zero-order chi connectivity index (χ0) is 26.7. The van der Waals surface area contributed by atoms with E-state index in [1.165, 1.54) is 9.21 Å². The van der Waals surface area contributed by atoms with Crippen molar-refractivity contribution in [2.45, 2.75) is 107 Å². The molecular weight excluding hydrogens is 489 g/mol. The van der Waals surface area contributed by atoms with Crippen molar-refractivity contribution in [2.75, 3.05) is 13.6 Å². The van der Waals surface area contributed by atoms with Crippen LogP contribution in [0.5, 0.6) is 0 Å². The number of carbonyl (C=O) groups excluding carboxylic acids is 1. The third-order valence-electron chi connectivity index (χ3n) is 8.33. The standard InChI is InChI=1S/C25H37BF2N2O5S/c1-17-9-10-21(19(16-17)26-34-23(2,3)24(4,5)35-26)36(32,33)30-15-7-8-20(30)22(31)29(6)18-11-13-25(27,28)14-12-18/h9-10,16,18,20H,7-8,11-15H2,1-6H3/t20-/m0/s1. The van der Waals surface area contributed by atoms with Gasteiger partial charge in [0.25, 0.3) is 0 Å². The van der Waals surface area contributed by atoms with E-state index in [1.54, 1.807) is 25.2 Å². The topological polar surface area (TPSA) is 76.2 Å². The lowest BCUT2D eigenvalue weighted by Gasteiger charge is -2.37. The van der Waals surface area contributed by atoms with E-state index < -0.39 is 40.3 Å². The first-order valence-electron chi connectivity index (χ1n) is 12.7. The van der Waals surface area contributed by atoms with Crippen LogP contribution in [0.1, 0.15) is 71.8 Å². The van der Waals surface area contributed by atoms with Crippen molar-refractivity contribution in [1.82, 2.24) is 9.21 Å². The normalized spacial score (nSPS) is 26.3. The number of hydrogen-bond acceptors (Lipinski definition) is 5. The van der Waals surface area contributed by atoms with Crippen LogP contribution in [0.4, 0.5) is 8.78 Å². The summed E-state index contributed by atoms with van der Waals surface area (Å²) >= 11 is 0. The van der Waals surface area contributed by atoms with Gasteiger partial charge in [-0.3, -0.25) is 4.79 Å². The molecule has 1 atom stereocenters. The zero-order valence-electron chi connectivity index (χ0n) is 22.0. The third-order valence-corrected chi connectivity index (χ3v) is 10.3. The highest BCUT2D eigenvalue weighted by atomic mass is 32.2. The number of alkyl halides is 2. The zero-order valence-corrected chi connectivity index (χ0v) is 22.8. The van der Waals surface area contributed by atoms with E-state index in [0.29, 0.717) is 18.3 Å². The molecule has 4 rings (SSSR count). The molecule has 1 aromatic carbocycles. The summed E-state index contributed by atoms with van der Waals surface area (Å²) in [7, 11) is -3.34. The maximum absolute atomic E-state index is 14.0. The van der Waals surface area contributed by atoms with Gasteiger partial charge in [-0.1, -0.05) is 17.7 Å². The maximum atomic E-state index is 14.0. The monoisotopic (exact) mass is 526 g/mol. The number of nitrogens with zero attached hydrogens (tertiary/aromatic N) is 2. The van der Waals surface area contributed by atoms with Crippen molar-refractivity contribution in [1.29, 1.82) is 0 Å². The Morgan fingerprint density at radius 3 is 2.25 bits per heavy atom. The molecule has 2 aliphatic heterocycles. The number of aryl methyl sites for hydroxylation is 1. The van der Waals surface area contributed by atoms with Gasteiger partial charge in [-0.25, -0.2) is 17.2 Å². The first-order valence-corrected chi connectivity index (χ1v) is 14.1. The van der Waals surface area contributed by atoms with Gasteiger partial charge in [0.05, 0.1) is 16.1 Å². The fourth-order valence-electron chi connectivity index (χ4n) is 5.29. The third kappa shape index (κ3) is 4.96. The molecule has 2 heterocycles. The van der Waals surface area contributed by atoms with Crippen molar-refractivity contribution >= 4 is 28.5 Å². The maximum Gasteiger partial charge on any atom is 0.496 e. The SMILES string of the molecule is Cc1ccc(S(=O)(=O)N2CCC[C@H]2C(=O)N(C)C2CCC(F)(F)CC2)c(B2OC(C)(C)C(C)(C)O2)c1. The molecule has 200 valence electrons. The van der Waals surface area contributed by atoms with Gasteiger partial charge in [0.2, 0.25) is 21.9 Å². The van der Waals surface area contributed by atoms with Crippen molar-refractivity contribution in [3.63, 3.8) is 0 Å². The average Bonchev–Trinajstić information content (AvgIpc) is 3.35. The quantitative estimate of drug-likeness (QED) is 0.550. The van der Waals surface area contributed by atoms with E-state index in [-0.39, 0.29) is 49.1 Å². The van der Waals surface area contributed by atoms with Crippen LogP contribution in [0.15, 0.2) is 23.1 Å². The molecule has 7 nitrogen and oxygen atoms in total. The molecule has 0 radical (unpaired) electrons. The van der Waals surface area contributed by atoms with E-state index in [1.807, 2.05) is 34.6 Å². The second-order valence-corrected chi connectivity index (χ2v) is 13.3. The molecule has 0 unspecified atom stereocenters. The number of hydrogen-bond donors (Lipinski definition) is 0. The summed E-state index contributed by atoms with van der Waals surface area (Å²) in [6.07, 6.45) is 0.829. The first-order chi connectivity index (χ1) is 16.6. The minimum atomic E-state index is -4.07. The molecule has 1 aliphatic carbocycles. The highest BCUT2D eigenvalue weighted by molar-refractivity contribution is 7.89. The Morgan fingerprint density at radius 2 is 1.67 bits per heavy atom. The molecule has 1 aromatic rings. The van der Waals surface area contributed by atoms with Gasteiger partial charge in [0.15, 0.2) is 0 Å². The van der Waals surface area contributed by atoms with E-state index in [0.717, 1.165) is 5.56 Å². The predicted molar refractivity (Wildman–Crippen MR) is 134 cm³/mol. The Bertz CT molecular complexity index is 1100. The van der Waals surface area contributed by atoms with Gasteiger partial charge >= 0.3 is 7.12 Å². The van der Waals surface area contributed by atoms with Gasteiger partial charge < -0.3 is 14.2 Å². The summed E-state index contributed by atoms with van der Waals surface area (Å²) in [4.78, 5) is 15.0. The van der Waals surface area contributed by atoms with E-state index in [2.05, 4.69) is 0 Å². The van der Waals surface area contributed by atoms with Gasteiger partial charge in [-0.15, -0.1) is 0 Å². The predicted octanol–water partition coefficient (Wildman–Crippen LogP) is 3.48. The van der Waals surface area contributed by atoms with Gasteiger partial charge in [0.1, 0.15) is 6.04 Å². The second-order valence-electron chi connectivity index (χ2n) is 11.4. The Morgan fingerprint density at radius 1 is 1.08 bits per heavy atom. The van der Waals surface area contributed by atoms with Gasteiger partial charge in [-0.2, -0.15) is 4.31 Å². The van der Waals surface area contributed by atoms with E-state index >= 15 is 0 Å². The average molecular weight is 526 g/mol. The lowest BCUT2D eigenvalue weighted by atomic mass is 9.78. The number of carbonyl (C=O) groups is 1. The highest BCUT2D eigenvalue weighted by Crippen LogP contribution is 2.38. The fourth-order valence-corrected chi connectivity index (χ4v) is 7.13. The first kappa shape index (κ1) is 27.5. The number of halogens is 2. The molecule has 11 heteroatoms.